The first-order chi connectivity index (χ1) is 16.1. The molecule has 2 heterocycles. The molecule has 34 heavy (non-hydrogen) atoms. The molecule has 2 N–H and O–H groups in total. The topological polar surface area (TPSA) is 46.9 Å². The zero-order valence-electron chi connectivity index (χ0n) is 21.3. The van der Waals surface area contributed by atoms with Gasteiger partial charge in [0.1, 0.15) is 0 Å². The number of anilines is 2. The minimum absolute atomic E-state index is 0.163. The highest BCUT2D eigenvalue weighted by Crippen LogP contribution is 2.52. The van der Waals surface area contributed by atoms with Gasteiger partial charge in [0.15, 0.2) is 0 Å². The van der Waals surface area contributed by atoms with Crippen LogP contribution in [0.2, 0.25) is 0 Å². The summed E-state index contributed by atoms with van der Waals surface area (Å²) in [5.41, 5.74) is 7.08. The Morgan fingerprint density at radius 3 is 1.38 bits per heavy atom. The molecule has 0 radical (unpaired) electrons. The number of likely N-dealkylation sites (N-methyl/N-ethyl adjacent to an activating group) is 2. The molecule has 0 spiro atoms. The summed E-state index contributed by atoms with van der Waals surface area (Å²) < 4.78 is 0. The maximum Gasteiger partial charge on any atom is 0.0716 e. The first-order valence-electron chi connectivity index (χ1n) is 12.7. The Hall–Kier alpha value is -2.56. The van der Waals surface area contributed by atoms with Crippen LogP contribution < -0.4 is 9.80 Å². The quantitative estimate of drug-likeness (QED) is 0.648. The highest BCUT2D eigenvalue weighted by molar-refractivity contribution is 5.71. The third-order valence-corrected chi connectivity index (χ3v) is 8.51. The smallest absolute Gasteiger partial charge is 0.0716 e. The molecule has 0 amide bonds. The molecule has 0 atom stereocenters. The van der Waals surface area contributed by atoms with Crippen molar-refractivity contribution in [3.05, 3.63) is 83.2 Å². The Labute approximate surface area is 204 Å². The molecular formula is C30H38N2O2. The van der Waals surface area contributed by atoms with Crippen LogP contribution in [0.25, 0.3) is 0 Å². The molecule has 2 aliphatic heterocycles. The highest BCUT2D eigenvalue weighted by Gasteiger charge is 2.50. The van der Waals surface area contributed by atoms with Gasteiger partial charge in [0.25, 0.3) is 0 Å². The van der Waals surface area contributed by atoms with Crippen LogP contribution in [-0.4, -0.2) is 35.5 Å². The van der Waals surface area contributed by atoms with Crippen molar-refractivity contribution in [3.63, 3.8) is 0 Å². The lowest BCUT2D eigenvalue weighted by atomic mass is 9.66. The fourth-order valence-corrected chi connectivity index (χ4v) is 6.49. The van der Waals surface area contributed by atoms with Crippen molar-refractivity contribution in [2.75, 3.05) is 22.9 Å². The summed E-state index contributed by atoms with van der Waals surface area (Å²) in [5, 5.41) is 22.5. The third kappa shape index (κ3) is 3.11. The Kier molecular flexibility index (Phi) is 5.46. The van der Waals surface area contributed by atoms with Crippen molar-refractivity contribution in [2.24, 2.45) is 11.8 Å². The number of hydrogen-bond acceptors (Lipinski definition) is 4. The third-order valence-electron chi connectivity index (χ3n) is 8.51. The van der Waals surface area contributed by atoms with Gasteiger partial charge in [-0.3, -0.25) is 0 Å². The molecule has 2 aromatic carbocycles. The van der Waals surface area contributed by atoms with E-state index in [1.54, 1.807) is 0 Å². The van der Waals surface area contributed by atoms with Crippen LogP contribution in [0.5, 0.6) is 0 Å². The number of rotatable bonds is 4. The summed E-state index contributed by atoms with van der Waals surface area (Å²) in [4.78, 5) is 4.66. The fraction of sp³-hybridized carbons (Fsp3) is 0.467. The van der Waals surface area contributed by atoms with Gasteiger partial charge in [-0.25, -0.2) is 0 Å². The van der Waals surface area contributed by atoms with Crippen molar-refractivity contribution >= 4 is 11.4 Å². The van der Waals surface area contributed by atoms with E-state index in [4.69, 9.17) is 0 Å². The minimum Gasteiger partial charge on any atom is -0.392 e. The SMILES string of the molecule is CCN1/C(=C/C2C(O)C(/C=C3/N(CC)c4ccccc4C3(C)C)C2O)C(C)(C)c2ccccc21. The number of aliphatic hydroxyl groups is 2. The number of aliphatic hydroxyl groups excluding tert-OH is 2. The standard InChI is InChI=1S/C30H38N2O2/c1-7-31-23-15-11-9-13-21(23)29(3,4)25(31)17-19-27(33)20(28(19)34)18-26-30(5,6)22-14-10-12-16-24(22)32(26)8-2/h9-20,27-28,33-34H,7-8H2,1-6H3/b25-17+,26-18+. The minimum atomic E-state index is -0.605. The van der Waals surface area contributed by atoms with E-state index >= 15 is 0 Å². The lowest BCUT2D eigenvalue weighted by molar-refractivity contribution is -0.111. The second kappa shape index (κ2) is 8.00. The Morgan fingerprint density at radius 1 is 0.676 bits per heavy atom. The van der Waals surface area contributed by atoms with Crippen LogP contribution in [0, 0.1) is 11.8 Å². The average molecular weight is 459 g/mol. The number of nitrogens with zero attached hydrogens (tertiary/aromatic N) is 2. The van der Waals surface area contributed by atoms with E-state index in [0.29, 0.717) is 0 Å². The van der Waals surface area contributed by atoms with Crippen molar-refractivity contribution in [1.82, 2.24) is 0 Å². The van der Waals surface area contributed by atoms with Crippen LogP contribution in [0.1, 0.15) is 52.7 Å². The average Bonchev–Trinajstić information content (AvgIpc) is 3.19. The van der Waals surface area contributed by atoms with Crippen LogP contribution in [0.15, 0.2) is 72.1 Å². The Morgan fingerprint density at radius 2 is 1.03 bits per heavy atom. The first kappa shape index (κ1) is 23.2. The summed E-state index contributed by atoms with van der Waals surface area (Å²) in [6.45, 7) is 15.0. The summed E-state index contributed by atoms with van der Waals surface area (Å²) in [6, 6.07) is 17.1. The molecule has 1 fully saturated rings. The van der Waals surface area contributed by atoms with Crippen LogP contribution in [0.4, 0.5) is 11.4 Å². The van der Waals surface area contributed by atoms with E-state index in [0.717, 1.165) is 13.1 Å². The largest absolute Gasteiger partial charge is 0.392 e. The molecule has 0 saturated heterocycles. The van der Waals surface area contributed by atoms with Crippen molar-refractivity contribution in [1.29, 1.82) is 0 Å². The van der Waals surface area contributed by atoms with E-state index in [-0.39, 0.29) is 22.7 Å². The van der Waals surface area contributed by atoms with Gasteiger partial charge in [-0.15, -0.1) is 0 Å². The summed E-state index contributed by atoms with van der Waals surface area (Å²) in [7, 11) is 0. The van der Waals surface area contributed by atoms with E-state index in [1.807, 2.05) is 0 Å². The van der Waals surface area contributed by atoms with Gasteiger partial charge in [0.05, 0.1) is 12.2 Å². The molecule has 1 aliphatic carbocycles. The molecule has 2 aromatic rings. The molecular weight excluding hydrogens is 420 g/mol. The molecule has 5 rings (SSSR count). The predicted octanol–water partition coefficient (Wildman–Crippen LogP) is 5.36. The lowest BCUT2D eigenvalue weighted by Gasteiger charge is -2.46. The monoisotopic (exact) mass is 458 g/mol. The number of fused-ring (bicyclic) bond motifs is 2. The zero-order chi connectivity index (χ0) is 24.4. The fourth-order valence-electron chi connectivity index (χ4n) is 6.49. The van der Waals surface area contributed by atoms with E-state index in [2.05, 4.69) is 112 Å². The summed E-state index contributed by atoms with van der Waals surface area (Å²) in [5.74, 6) is -0.553. The molecule has 4 heteroatoms. The lowest BCUT2D eigenvalue weighted by Crippen LogP contribution is -2.54. The van der Waals surface area contributed by atoms with Crippen LogP contribution in [0.3, 0.4) is 0 Å². The molecule has 0 bridgehead atoms. The number of hydrogen-bond donors (Lipinski definition) is 2. The van der Waals surface area contributed by atoms with E-state index in [1.165, 1.54) is 33.9 Å². The van der Waals surface area contributed by atoms with Gasteiger partial charge in [-0.1, -0.05) is 76.2 Å². The molecule has 1 saturated carbocycles. The molecule has 0 aromatic heterocycles. The van der Waals surface area contributed by atoms with E-state index in [9.17, 15) is 10.2 Å². The number of para-hydroxylation sites is 2. The zero-order valence-corrected chi connectivity index (χ0v) is 21.3. The molecule has 4 nitrogen and oxygen atoms in total. The van der Waals surface area contributed by atoms with Crippen molar-refractivity contribution < 1.29 is 10.2 Å². The highest BCUT2D eigenvalue weighted by atomic mass is 16.3. The van der Waals surface area contributed by atoms with Crippen LogP contribution in [-0.2, 0) is 10.8 Å². The predicted molar refractivity (Wildman–Crippen MR) is 140 cm³/mol. The van der Waals surface area contributed by atoms with E-state index < -0.39 is 12.2 Å². The van der Waals surface area contributed by atoms with Gasteiger partial charge >= 0.3 is 0 Å². The molecule has 3 aliphatic rings. The van der Waals surface area contributed by atoms with Crippen LogP contribution >= 0.6 is 0 Å². The maximum atomic E-state index is 11.3. The van der Waals surface area contributed by atoms with Crippen molar-refractivity contribution in [3.8, 4) is 0 Å². The van der Waals surface area contributed by atoms with Gasteiger partial charge in [-0.2, -0.15) is 0 Å². The van der Waals surface area contributed by atoms with Gasteiger partial charge in [0.2, 0.25) is 0 Å². The second-order valence-corrected chi connectivity index (χ2v) is 11.0. The van der Waals surface area contributed by atoms with Gasteiger partial charge in [0, 0.05) is 58.5 Å². The van der Waals surface area contributed by atoms with Gasteiger partial charge in [-0.05, 0) is 37.1 Å². The first-order valence-corrected chi connectivity index (χ1v) is 12.7. The number of allylic oxidation sites excluding steroid dienone is 2. The summed E-state index contributed by atoms with van der Waals surface area (Å²) >= 11 is 0. The number of benzene rings is 2. The normalized spacial score (nSPS) is 31.1. The molecule has 180 valence electrons. The van der Waals surface area contributed by atoms with Gasteiger partial charge < -0.3 is 20.0 Å². The Balaban J connectivity index is 1.46. The second-order valence-electron chi connectivity index (χ2n) is 11.0. The maximum absolute atomic E-state index is 11.3. The van der Waals surface area contributed by atoms with Crippen molar-refractivity contribution in [2.45, 2.75) is 64.6 Å². The molecule has 0 unspecified atom stereocenters. The summed E-state index contributed by atoms with van der Waals surface area (Å²) in [6.07, 6.45) is 3.07. The Bertz CT molecular complexity index is 1060.